The maximum Gasteiger partial charge on any atom is 0.128 e. The highest BCUT2D eigenvalue weighted by Gasteiger charge is 2.40. The summed E-state index contributed by atoms with van der Waals surface area (Å²) in [6.45, 7) is 7.18. The molecule has 0 unspecified atom stereocenters. The van der Waals surface area contributed by atoms with E-state index < -0.39 is 0 Å². The first-order valence-corrected chi connectivity index (χ1v) is 8.04. The van der Waals surface area contributed by atoms with E-state index in [1.165, 1.54) is 24.8 Å². The zero-order valence-corrected chi connectivity index (χ0v) is 14.2. The summed E-state index contributed by atoms with van der Waals surface area (Å²) in [5.41, 5.74) is 2.75. The van der Waals surface area contributed by atoms with Gasteiger partial charge in [-0.2, -0.15) is 0 Å². The third kappa shape index (κ3) is 3.74. The molecule has 0 atom stereocenters. The number of aromatic nitrogens is 1. The number of hydrogen-bond acceptors (Lipinski definition) is 4. The molecule has 1 aliphatic rings. The Hall–Kier alpha value is -1.13. The number of hydrogen-bond donors (Lipinski definition) is 1. The summed E-state index contributed by atoms with van der Waals surface area (Å²) in [7, 11) is 6.57. The first-order valence-electron chi connectivity index (χ1n) is 8.04. The van der Waals surface area contributed by atoms with Crippen LogP contribution in [0.5, 0.6) is 0 Å². The molecule has 1 aromatic rings. The molecule has 1 N–H and O–H groups in total. The molecule has 1 saturated carbocycles. The van der Waals surface area contributed by atoms with Crippen LogP contribution in [0.25, 0.3) is 0 Å². The van der Waals surface area contributed by atoms with Gasteiger partial charge in [0.1, 0.15) is 5.82 Å². The van der Waals surface area contributed by atoms with Gasteiger partial charge in [-0.3, -0.25) is 0 Å². The third-order valence-electron chi connectivity index (χ3n) is 4.73. The van der Waals surface area contributed by atoms with Crippen LogP contribution >= 0.6 is 0 Å². The number of rotatable bonds is 7. The molecule has 0 amide bonds. The standard InChI is InChI=1S/C17H30N4/c1-6-18-12-15-10-14(2)19-16(11-15)21(5)13-17(20(3)4)8-7-9-17/h10-11,18H,6-9,12-13H2,1-5H3. The molecule has 4 nitrogen and oxygen atoms in total. The minimum atomic E-state index is 0.335. The Morgan fingerprint density at radius 2 is 1.95 bits per heavy atom. The predicted octanol–water partition coefficient (Wildman–Crippen LogP) is 2.42. The van der Waals surface area contributed by atoms with Crippen LogP contribution in [0.3, 0.4) is 0 Å². The third-order valence-corrected chi connectivity index (χ3v) is 4.73. The second kappa shape index (κ2) is 6.75. The van der Waals surface area contributed by atoms with Gasteiger partial charge in [-0.15, -0.1) is 0 Å². The lowest BCUT2D eigenvalue weighted by Gasteiger charge is -2.49. The Morgan fingerprint density at radius 1 is 1.24 bits per heavy atom. The van der Waals surface area contributed by atoms with Gasteiger partial charge in [0.15, 0.2) is 0 Å². The molecular formula is C17H30N4. The van der Waals surface area contributed by atoms with E-state index in [9.17, 15) is 0 Å². The van der Waals surface area contributed by atoms with E-state index in [4.69, 9.17) is 4.98 Å². The molecule has 1 aromatic heterocycles. The average Bonchev–Trinajstić information content (AvgIpc) is 2.39. The summed E-state index contributed by atoms with van der Waals surface area (Å²) in [5.74, 6) is 1.09. The van der Waals surface area contributed by atoms with Gasteiger partial charge in [0.25, 0.3) is 0 Å². The van der Waals surface area contributed by atoms with Gasteiger partial charge in [0.2, 0.25) is 0 Å². The quantitative estimate of drug-likeness (QED) is 0.836. The molecule has 0 spiro atoms. The minimum Gasteiger partial charge on any atom is -0.358 e. The van der Waals surface area contributed by atoms with Crippen molar-refractivity contribution in [3.8, 4) is 0 Å². The number of nitrogens with one attached hydrogen (secondary N) is 1. The average molecular weight is 290 g/mol. The lowest BCUT2D eigenvalue weighted by Crippen LogP contribution is -2.56. The van der Waals surface area contributed by atoms with Crippen LogP contribution in [-0.4, -0.2) is 49.7 Å². The van der Waals surface area contributed by atoms with Crippen molar-refractivity contribution in [2.24, 2.45) is 0 Å². The summed E-state index contributed by atoms with van der Waals surface area (Å²) < 4.78 is 0. The maximum atomic E-state index is 4.72. The van der Waals surface area contributed by atoms with Crippen LogP contribution in [0.2, 0.25) is 0 Å². The van der Waals surface area contributed by atoms with E-state index in [2.05, 4.69) is 62.2 Å². The highest BCUT2D eigenvalue weighted by atomic mass is 15.2. The summed E-state index contributed by atoms with van der Waals surface area (Å²) in [6.07, 6.45) is 3.93. The van der Waals surface area contributed by atoms with Crippen molar-refractivity contribution >= 4 is 5.82 Å². The maximum absolute atomic E-state index is 4.72. The van der Waals surface area contributed by atoms with Gasteiger partial charge in [0.05, 0.1) is 0 Å². The molecule has 0 aliphatic heterocycles. The molecule has 0 aromatic carbocycles. The van der Waals surface area contributed by atoms with Crippen molar-refractivity contribution in [3.05, 3.63) is 23.4 Å². The zero-order valence-electron chi connectivity index (χ0n) is 14.2. The fourth-order valence-corrected chi connectivity index (χ4v) is 3.14. The topological polar surface area (TPSA) is 31.4 Å². The van der Waals surface area contributed by atoms with E-state index >= 15 is 0 Å². The van der Waals surface area contributed by atoms with Gasteiger partial charge in [-0.1, -0.05) is 6.92 Å². The molecule has 118 valence electrons. The minimum absolute atomic E-state index is 0.335. The number of pyridine rings is 1. The smallest absolute Gasteiger partial charge is 0.128 e. The zero-order chi connectivity index (χ0) is 15.5. The number of likely N-dealkylation sites (N-methyl/N-ethyl adjacent to an activating group) is 2. The second-order valence-corrected chi connectivity index (χ2v) is 6.58. The molecule has 21 heavy (non-hydrogen) atoms. The molecule has 0 saturated heterocycles. The lowest BCUT2D eigenvalue weighted by molar-refractivity contribution is 0.0682. The van der Waals surface area contributed by atoms with Gasteiger partial charge in [0, 0.05) is 31.4 Å². The predicted molar refractivity (Wildman–Crippen MR) is 89.9 cm³/mol. The van der Waals surface area contributed by atoms with Crippen molar-refractivity contribution in [2.75, 3.05) is 39.1 Å². The van der Waals surface area contributed by atoms with Crippen LogP contribution in [0.4, 0.5) is 5.82 Å². The van der Waals surface area contributed by atoms with Gasteiger partial charge >= 0.3 is 0 Å². The van der Waals surface area contributed by atoms with Crippen LogP contribution in [0, 0.1) is 6.92 Å². The fraction of sp³-hybridized carbons (Fsp3) is 0.706. The highest BCUT2D eigenvalue weighted by molar-refractivity contribution is 5.42. The highest BCUT2D eigenvalue weighted by Crippen LogP contribution is 2.37. The molecule has 1 heterocycles. The largest absolute Gasteiger partial charge is 0.358 e. The number of nitrogens with zero attached hydrogens (tertiary/aromatic N) is 3. The summed E-state index contributed by atoms with van der Waals surface area (Å²) >= 11 is 0. The SMILES string of the molecule is CCNCc1cc(C)nc(N(C)CC2(N(C)C)CCC2)c1. The number of aryl methyl sites for hydroxylation is 1. The van der Waals surface area contributed by atoms with Crippen LogP contribution in [-0.2, 0) is 6.54 Å². The fourth-order valence-electron chi connectivity index (χ4n) is 3.14. The summed E-state index contributed by atoms with van der Waals surface area (Å²) in [5, 5.41) is 3.39. The van der Waals surface area contributed by atoms with Crippen molar-refractivity contribution in [1.82, 2.24) is 15.2 Å². The van der Waals surface area contributed by atoms with Crippen molar-refractivity contribution < 1.29 is 0 Å². The molecule has 2 rings (SSSR count). The summed E-state index contributed by atoms with van der Waals surface area (Å²) in [4.78, 5) is 9.44. The van der Waals surface area contributed by atoms with E-state index in [1.54, 1.807) is 0 Å². The molecule has 4 heteroatoms. The Labute approximate surface area is 129 Å². The molecule has 1 fully saturated rings. The molecule has 1 aliphatic carbocycles. The Balaban J connectivity index is 2.11. The van der Waals surface area contributed by atoms with Gasteiger partial charge in [-0.05, 0) is 64.5 Å². The van der Waals surface area contributed by atoms with Crippen LogP contribution in [0.15, 0.2) is 12.1 Å². The van der Waals surface area contributed by atoms with Crippen LogP contribution < -0.4 is 10.2 Å². The Bertz CT molecular complexity index is 466. The molecular weight excluding hydrogens is 260 g/mol. The van der Waals surface area contributed by atoms with Crippen molar-refractivity contribution in [2.45, 2.75) is 45.2 Å². The van der Waals surface area contributed by atoms with E-state index in [-0.39, 0.29) is 0 Å². The monoisotopic (exact) mass is 290 g/mol. The van der Waals surface area contributed by atoms with E-state index in [0.717, 1.165) is 31.1 Å². The lowest BCUT2D eigenvalue weighted by atomic mass is 9.75. The molecule has 0 radical (unpaired) electrons. The van der Waals surface area contributed by atoms with Gasteiger partial charge < -0.3 is 15.1 Å². The molecule has 0 bridgehead atoms. The number of anilines is 1. The summed E-state index contributed by atoms with van der Waals surface area (Å²) in [6, 6.07) is 4.39. The van der Waals surface area contributed by atoms with E-state index in [0.29, 0.717) is 5.54 Å². The van der Waals surface area contributed by atoms with Crippen molar-refractivity contribution in [1.29, 1.82) is 0 Å². The van der Waals surface area contributed by atoms with E-state index in [1.807, 2.05) is 0 Å². The van der Waals surface area contributed by atoms with Crippen molar-refractivity contribution in [3.63, 3.8) is 0 Å². The Morgan fingerprint density at radius 3 is 2.48 bits per heavy atom. The first-order chi connectivity index (χ1) is 9.97. The Kier molecular flexibility index (Phi) is 5.22. The second-order valence-electron chi connectivity index (χ2n) is 6.58. The van der Waals surface area contributed by atoms with Gasteiger partial charge in [-0.25, -0.2) is 4.98 Å². The first kappa shape index (κ1) is 16.2. The van der Waals surface area contributed by atoms with Crippen LogP contribution in [0.1, 0.15) is 37.4 Å². The normalized spacial score (nSPS) is 16.9.